The molecule has 0 saturated carbocycles. The lowest BCUT2D eigenvalue weighted by Crippen LogP contribution is -2.39. The number of rotatable bonds is 4. The van der Waals surface area contributed by atoms with Crippen molar-refractivity contribution in [3.63, 3.8) is 0 Å². The highest BCUT2D eigenvalue weighted by Crippen LogP contribution is 2.32. The number of allylic oxidation sites excluding steroid dienone is 1. The maximum Gasteiger partial charge on any atom is 0.235 e. The fourth-order valence-electron chi connectivity index (χ4n) is 3.05. The molecule has 1 aromatic carbocycles. The first kappa shape index (κ1) is 15.5. The van der Waals surface area contributed by atoms with Crippen LogP contribution in [-0.2, 0) is 16.1 Å². The fraction of sp³-hybridized carbons (Fsp3) is 0.389. The third-order valence-electron chi connectivity index (χ3n) is 4.34. The number of amides is 2. The van der Waals surface area contributed by atoms with Gasteiger partial charge in [0.15, 0.2) is 0 Å². The van der Waals surface area contributed by atoms with Crippen LogP contribution in [-0.4, -0.2) is 21.6 Å². The summed E-state index contributed by atoms with van der Waals surface area (Å²) in [6.45, 7) is 8.64. The van der Waals surface area contributed by atoms with Crippen molar-refractivity contribution in [1.29, 1.82) is 0 Å². The number of carbonyl (C=O) groups is 2. The Labute approximate surface area is 135 Å². The minimum Gasteiger partial charge on any atom is -0.296 e. The van der Waals surface area contributed by atoms with Crippen LogP contribution in [0.25, 0.3) is 10.9 Å². The maximum absolute atomic E-state index is 12.2. The van der Waals surface area contributed by atoms with Crippen LogP contribution in [0.15, 0.2) is 30.9 Å². The molecule has 0 aliphatic carbocycles. The minimum absolute atomic E-state index is 0.205. The third-order valence-corrected chi connectivity index (χ3v) is 4.34. The average Bonchev–Trinajstić information content (AvgIpc) is 2.86. The van der Waals surface area contributed by atoms with Gasteiger partial charge in [-0.05, 0) is 30.0 Å². The Kier molecular flexibility index (Phi) is 4.03. The van der Waals surface area contributed by atoms with Gasteiger partial charge < -0.3 is 0 Å². The number of piperidine rings is 1. The smallest absolute Gasteiger partial charge is 0.235 e. The Morgan fingerprint density at radius 2 is 2.22 bits per heavy atom. The molecule has 0 spiro atoms. The van der Waals surface area contributed by atoms with E-state index in [0.717, 1.165) is 16.6 Å². The number of hydrogen-bond acceptors (Lipinski definition) is 3. The first-order valence-corrected chi connectivity index (χ1v) is 7.96. The summed E-state index contributed by atoms with van der Waals surface area (Å²) in [5, 5.41) is 8.07. The molecular formula is C18H21N3O2. The number of nitrogens with one attached hydrogen (secondary N) is 1. The van der Waals surface area contributed by atoms with Crippen LogP contribution in [0.5, 0.6) is 0 Å². The Balaban J connectivity index is 2.14. The molecule has 1 fully saturated rings. The van der Waals surface area contributed by atoms with E-state index in [4.69, 9.17) is 0 Å². The number of aromatic nitrogens is 2. The fourth-order valence-corrected chi connectivity index (χ4v) is 3.05. The molecule has 5 heteroatoms. The average molecular weight is 311 g/mol. The van der Waals surface area contributed by atoms with Gasteiger partial charge in [0.05, 0.1) is 23.7 Å². The zero-order valence-electron chi connectivity index (χ0n) is 13.5. The predicted molar refractivity (Wildman–Crippen MR) is 89.1 cm³/mol. The van der Waals surface area contributed by atoms with E-state index in [1.54, 1.807) is 6.08 Å². The molecule has 1 unspecified atom stereocenters. The van der Waals surface area contributed by atoms with Gasteiger partial charge in [0.1, 0.15) is 0 Å². The van der Waals surface area contributed by atoms with Crippen molar-refractivity contribution < 1.29 is 9.59 Å². The van der Waals surface area contributed by atoms with Gasteiger partial charge in [0.25, 0.3) is 0 Å². The molecule has 23 heavy (non-hydrogen) atoms. The van der Waals surface area contributed by atoms with Crippen molar-refractivity contribution in [2.24, 2.45) is 0 Å². The molecule has 0 bridgehead atoms. The molecule has 2 aromatic rings. The number of hydrogen-bond donors (Lipinski definition) is 1. The highest BCUT2D eigenvalue weighted by Gasteiger charge is 2.31. The van der Waals surface area contributed by atoms with Crippen molar-refractivity contribution in [3.8, 4) is 0 Å². The Morgan fingerprint density at radius 3 is 2.87 bits per heavy atom. The van der Waals surface area contributed by atoms with Crippen molar-refractivity contribution in [1.82, 2.24) is 15.1 Å². The zero-order valence-corrected chi connectivity index (χ0v) is 13.5. The minimum atomic E-state index is -0.372. The highest BCUT2D eigenvalue weighted by molar-refractivity contribution is 6.02. The summed E-state index contributed by atoms with van der Waals surface area (Å²) in [6, 6.07) is 6.27. The second-order valence-corrected chi connectivity index (χ2v) is 6.29. The molecule has 2 heterocycles. The van der Waals surface area contributed by atoms with Gasteiger partial charge in [-0.1, -0.05) is 26.0 Å². The second kappa shape index (κ2) is 5.99. The molecule has 3 rings (SSSR count). The topological polar surface area (TPSA) is 64.0 Å². The van der Waals surface area contributed by atoms with Crippen molar-refractivity contribution in [2.75, 3.05) is 0 Å². The van der Waals surface area contributed by atoms with Gasteiger partial charge in [-0.25, -0.2) is 0 Å². The number of benzene rings is 1. The van der Waals surface area contributed by atoms with E-state index in [1.165, 1.54) is 5.56 Å². The lowest BCUT2D eigenvalue weighted by atomic mass is 9.91. The Bertz CT molecular complexity index is 789. The molecular weight excluding hydrogens is 290 g/mol. The van der Waals surface area contributed by atoms with Gasteiger partial charge in [0.2, 0.25) is 11.8 Å². The summed E-state index contributed by atoms with van der Waals surface area (Å²) >= 11 is 0. The van der Waals surface area contributed by atoms with E-state index in [9.17, 15) is 9.59 Å². The maximum atomic E-state index is 12.2. The molecule has 1 atom stereocenters. The quantitative estimate of drug-likeness (QED) is 0.697. The molecule has 1 aliphatic rings. The summed E-state index contributed by atoms with van der Waals surface area (Å²) in [5.74, 6) is -0.425. The first-order valence-electron chi connectivity index (χ1n) is 7.96. The molecule has 1 aliphatic heterocycles. The number of fused-ring (bicyclic) bond motifs is 1. The van der Waals surface area contributed by atoms with E-state index < -0.39 is 0 Å². The molecule has 5 nitrogen and oxygen atoms in total. The van der Waals surface area contributed by atoms with Crippen LogP contribution in [0, 0.1) is 0 Å². The highest BCUT2D eigenvalue weighted by atomic mass is 16.2. The lowest BCUT2D eigenvalue weighted by Gasteiger charge is -2.19. The molecule has 1 N–H and O–H groups in total. The van der Waals surface area contributed by atoms with Gasteiger partial charge in [-0.3, -0.25) is 19.6 Å². The SMILES string of the molecule is C=CCn1nc(C2CCC(=O)NC2=O)c2cc(C(C)C)ccc21. The van der Waals surface area contributed by atoms with Gasteiger partial charge in [-0.2, -0.15) is 5.10 Å². The van der Waals surface area contributed by atoms with Gasteiger partial charge >= 0.3 is 0 Å². The molecule has 1 aromatic heterocycles. The van der Waals surface area contributed by atoms with Crippen molar-refractivity contribution in [3.05, 3.63) is 42.1 Å². The lowest BCUT2D eigenvalue weighted by molar-refractivity contribution is -0.134. The molecule has 0 radical (unpaired) electrons. The van der Waals surface area contributed by atoms with Crippen LogP contribution >= 0.6 is 0 Å². The zero-order chi connectivity index (χ0) is 16.6. The standard InChI is InChI=1S/C18H21N3O2/c1-4-9-21-15-7-5-12(11(2)3)10-14(15)17(20-21)13-6-8-16(22)19-18(13)23/h4-5,7,10-11,13H,1,6,8-9H2,2-3H3,(H,19,22,23). The van der Waals surface area contributed by atoms with Gasteiger partial charge in [-0.15, -0.1) is 6.58 Å². The summed E-state index contributed by atoms with van der Waals surface area (Å²) in [7, 11) is 0. The number of carbonyl (C=O) groups excluding carboxylic acids is 2. The van der Waals surface area contributed by atoms with Crippen LogP contribution in [0.4, 0.5) is 0 Å². The number of imide groups is 1. The van der Waals surface area contributed by atoms with Crippen LogP contribution in [0.2, 0.25) is 0 Å². The summed E-state index contributed by atoms with van der Waals surface area (Å²) in [5.41, 5.74) is 2.97. The van der Waals surface area contributed by atoms with E-state index in [-0.39, 0.29) is 17.7 Å². The normalized spacial score (nSPS) is 18.5. The van der Waals surface area contributed by atoms with Crippen molar-refractivity contribution in [2.45, 2.75) is 45.1 Å². The van der Waals surface area contributed by atoms with Crippen LogP contribution < -0.4 is 5.32 Å². The van der Waals surface area contributed by atoms with Crippen molar-refractivity contribution >= 4 is 22.7 Å². The second-order valence-electron chi connectivity index (χ2n) is 6.29. The molecule has 120 valence electrons. The van der Waals surface area contributed by atoms with Crippen LogP contribution in [0.1, 0.15) is 49.8 Å². The van der Waals surface area contributed by atoms with E-state index in [2.05, 4.69) is 49.0 Å². The third kappa shape index (κ3) is 2.79. The summed E-state index contributed by atoms with van der Waals surface area (Å²) < 4.78 is 1.87. The van der Waals surface area contributed by atoms with E-state index in [0.29, 0.717) is 25.3 Å². The largest absolute Gasteiger partial charge is 0.296 e. The Morgan fingerprint density at radius 1 is 1.43 bits per heavy atom. The Hall–Kier alpha value is -2.43. The van der Waals surface area contributed by atoms with Gasteiger partial charge in [0, 0.05) is 11.8 Å². The van der Waals surface area contributed by atoms with E-state index >= 15 is 0 Å². The van der Waals surface area contributed by atoms with E-state index in [1.807, 2.05) is 4.68 Å². The monoisotopic (exact) mass is 311 g/mol. The summed E-state index contributed by atoms with van der Waals surface area (Å²) in [4.78, 5) is 23.6. The molecule has 1 saturated heterocycles. The summed E-state index contributed by atoms with van der Waals surface area (Å²) in [6.07, 6.45) is 2.66. The number of nitrogens with zero attached hydrogens (tertiary/aromatic N) is 2. The van der Waals surface area contributed by atoms with Crippen LogP contribution in [0.3, 0.4) is 0 Å². The first-order chi connectivity index (χ1) is 11.0. The molecule has 2 amide bonds. The predicted octanol–water partition coefficient (Wildman–Crippen LogP) is 2.87.